The average Bonchev–Trinajstić information content (AvgIpc) is 2.85. The average molecular weight is 352 g/mol. The Morgan fingerprint density at radius 3 is 2.76 bits per heavy atom. The Morgan fingerprint density at radius 2 is 2.10 bits per heavy atom. The molecule has 2 aromatic rings. The van der Waals surface area contributed by atoms with E-state index >= 15 is 0 Å². The highest BCUT2D eigenvalue weighted by molar-refractivity contribution is 9.10. The number of rotatable bonds is 6. The molecule has 0 aliphatic rings. The molecule has 1 heterocycles. The minimum atomic E-state index is -0.0403. The topological polar surface area (TPSA) is 81.2 Å². The number of hydrogen-bond acceptors (Lipinski definition) is 4. The summed E-state index contributed by atoms with van der Waals surface area (Å²) in [6, 6.07) is 7.85. The minimum Gasteiger partial charge on any atom is -0.440 e. The number of nitrogens with zero attached hydrogens (tertiary/aromatic N) is 1. The summed E-state index contributed by atoms with van der Waals surface area (Å²) in [5, 5.41) is 2.72. The molecule has 3 N–H and O–H groups in total. The Labute approximate surface area is 132 Å². The molecule has 0 saturated heterocycles. The van der Waals surface area contributed by atoms with E-state index in [0.29, 0.717) is 31.8 Å². The summed E-state index contributed by atoms with van der Waals surface area (Å²) in [6.45, 7) is 2.84. The molecule has 1 aromatic carbocycles. The van der Waals surface area contributed by atoms with Crippen LogP contribution in [-0.4, -0.2) is 24.0 Å². The van der Waals surface area contributed by atoms with Crippen molar-refractivity contribution < 1.29 is 9.21 Å². The molecule has 0 bridgehead atoms. The van der Waals surface area contributed by atoms with E-state index in [1.54, 1.807) is 0 Å². The highest BCUT2D eigenvalue weighted by Crippen LogP contribution is 2.26. The normalized spacial score (nSPS) is 10.6. The molecule has 0 aliphatic carbocycles. The van der Waals surface area contributed by atoms with E-state index < -0.39 is 0 Å². The van der Waals surface area contributed by atoms with Crippen molar-refractivity contribution >= 4 is 21.8 Å². The van der Waals surface area contributed by atoms with Gasteiger partial charge in [0.1, 0.15) is 0 Å². The summed E-state index contributed by atoms with van der Waals surface area (Å²) in [6.07, 6.45) is 0.827. The van der Waals surface area contributed by atoms with Gasteiger partial charge >= 0.3 is 0 Å². The van der Waals surface area contributed by atoms with Gasteiger partial charge in [0.25, 0.3) is 0 Å². The zero-order valence-electron chi connectivity index (χ0n) is 11.9. The van der Waals surface area contributed by atoms with Crippen molar-refractivity contribution in [3.63, 3.8) is 0 Å². The van der Waals surface area contributed by atoms with Crippen LogP contribution in [0.15, 0.2) is 33.2 Å². The smallest absolute Gasteiger partial charge is 0.220 e. The van der Waals surface area contributed by atoms with E-state index in [1.807, 2.05) is 31.2 Å². The first kappa shape index (κ1) is 15.7. The molecule has 112 valence electrons. The third-order valence-corrected chi connectivity index (χ3v) is 3.51. The molecule has 0 unspecified atom stereocenters. The maximum absolute atomic E-state index is 11.5. The number of halogens is 1. The van der Waals surface area contributed by atoms with Gasteiger partial charge in [-0.2, -0.15) is 0 Å². The minimum absolute atomic E-state index is 0.0403. The lowest BCUT2D eigenvalue weighted by molar-refractivity contribution is -0.121. The van der Waals surface area contributed by atoms with Gasteiger partial charge in [0.05, 0.1) is 5.69 Å². The molecule has 21 heavy (non-hydrogen) atoms. The summed E-state index contributed by atoms with van der Waals surface area (Å²) in [5.41, 5.74) is 7.14. The quantitative estimate of drug-likeness (QED) is 0.837. The van der Waals surface area contributed by atoms with Crippen LogP contribution in [-0.2, 0) is 11.2 Å². The summed E-state index contributed by atoms with van der Waals surface area (Å²) in [7, 11) is 0. The molecule has 1 amide bonds. The van der Waals surface area contributed by atoms with Gasteiger partial charge in [0.2, 0.25) is 5.91 Å². The lowest BCUT2D eigenvalue weighted by Gasteiger charge is -2.01. The second kappa shape index (κ2) is 7.38. The molecule has 0 fully saturated rings. The van der Waals surface area contributed by atoms with Crippen molar-refractivity contribution in [3.8, 4) is 11.3 Å². The van der Waals surface area contributed by atoms with E-state index in [1.165, 1.54) is 0 Å². The molecule has 0 radical (unpaired) electrons. The van der Waals surface area contributed by atoms with E-state index in [-0.39, 0.29) is 5.91 Å². The van der Waals surface area contributed by atoms with Gasteiger partial charge in [-0.25, -0.2) is 4.98 Å². The Bertz CT molecular complexity index is 608. The highest BCUT2D eigenvalue weighted by Gasteiger charge is 2.12. The van der Waals surface area contributed by atoms with Crippen LogP contribution in [0.3, 0.4) is 0 Å². The van der Waals surface area contributed by atoms with Crippen LogP contribution in [0.4, 0.5) is 0 Å². The Kier molecular flexibility index (Phi) is 5.52. The van der Waals surface area contributed by atoms with Gasteiger partial charge in [-0.3, -0.25) is 4.79 Å². The highest BCUT2D eigenvalue weighted by atomic mass is 79.9. The van der Waals surface area contributed by atoms with E-state index in [9.17, 15) is 4.79 Å². The van der Waals surface area contributed by atoms with Gasteiger partial charge < -0.3 is 15.5 Å². The number of nitrogens with two attached hydrogens (primary N) is 1. The number of aromatic nitrogens is 1. The van der Waals surface area contributed by atoms with Crippen molar-refractivity contribution in [1.82, 2.24) is 10.3 Å². The largest absolute Gasteiger partial charge is 0.440 e. The lowest BCUT2D eigenvalue weighted by Crippen LogP contribution is -2.29. The monoisotopic (exact) mass is 351 g/mol. The van der Waals surface area contributed by atoms with Gasteiger partial charge in [0.15, 0.2) is 11.7 Å². The SMILES string of the molecule is Cc1nc(CCC(=O)NCCN)oc1-c1ccc(Br)cc1. The van der Waals surface area contributed by atoms with Gasteiger partial charge in [-0.05, 0) is 19.1 Å². The van der Waals surface area contributed by atoms with Crippen LogP contribution in [0.5, 0.6) is 0 Å². The molecule has 1 aromatic heterocycles. The van der Waals surface area contributed by atoms with Gasteiger partial charge in [-0.1, -0.05) is 28.1 Å². The van der Waals surface area contributed by atoms with Crippen LogP contribution < -0.4 is 11.1 Å². The maximum Gasteiger partial charge on any atom is 0.220 e. The summed E-state index contributed by atoms with van der Waals surface area (Å²) >= 11 is 3.40. The number of nitrogens with one attached hydrogen (secondary N) is 1. The van der Waals surface area contributed by atoms with Gasteiger partial charge in [-0.15, -0.1) is 0 Å². The standard InChI is InChI=1S/C15H18BrN3O2/c1-10-15(11-2-4-12(16)5-3-11)21-14(19-10)7-6-13(20)18-9-8-17/h2-5H,6-9,17H2,1H3,(H,18,20). The number of oxazole rings is 1. The van der Waals surface area contributed by atoms with E-state index in [4.69, 9.17) is 10.2 Å². The number of hydrogen-bond donors (Lipinski definition) is 2. The van der Waals surface area contributed by atoms with Crippen LogP contribution in [0.1, 0.15) is 18.0 Å². The fourth-order valence-corrected chi connectivity index (χ4v) is 2.21. The second-order valence-electron chi connectivity index (χ2n) is 4.67. The van der Waals surface area contributed by atoms with Crippen molar-refractivity contribution in [2.24, 2.45) is 5.73 Å². The van der Waals surface area contributed by atoms with Crippen molar-refractivity contribution in [2.45, 2.75) is 19.8 Å². The van der Waals surface area contributed by atoms with Crippen molar-refractivity contribution in [3.05, 3.63) is 40.3 Å². The fourth-order valence-electron chi connectivity index (χ4n) is 1.95. The number of carbonyl (C=O) groups excluding carboxylic acids is 1. The molecule has 0 atom stereocenters. The Balaban J connectivity index is 2.02. The first-order valence-electron chi connectivity index (χ1n) is 6.79. The number of benzene rings is 1. The third-order valence-electron chi connectivity index (χ3n) is 2.98. The van der Waals surface area contributed by atoms with E-state index in [2.05, 4.69) is 26.2 Å². The second-order valence-corrected chi connectivity index (χ2v) is 5.58. The number of amides is 1. The molecule has 0 spiro atoms. The van der Waals surface area contributed by atoms with Crippen LogP contribution >= 0.6 is 15.9 Å². The molecule has 2 rings (SSSR count). The molecule has 5 nitrogen and oxygen atoms in total. The van der Waals surface area contributed by atoms with Gasteiger partial charge in [0, 0.05) is 36.0 Å². The summed E-state index contributed by atoms with van der Waals surface area (Å²) in [4.78, 5) is 15.9. The Morgan fingerprint density at radius 1 is 1.38 bits per heavy atom. The molecule has 6 heteroatoms. The zero-order chi connectivity index (χ0) is 15.2. The van der Waals surface area contributed by atoms with Crippen LogP contribution in [0, 0.1) is 6.92 Å². The zero-order valence-corrected chi connectivity index (χ0v) is 13.4. The predicted molar refractivity (Wildman–Crippen MR) is 84.8 cm³/mol. The van der Waals surface area contributed by atoms with Crippen molar-refractivity contribution in [2.75, 3.05) is 13.1 Å². The number of carbonyl (C=O) groups is 1. The van der Waals surface area contributed by atoms with Crippen LogP contribution in [0.2, 0.25) is 0 Å². The lowest BCUT2D eigenvalue weighted by atomic mass is 10.1. The first-order chi connectivity index (χ1) is 10.1. The van der Waals surface area contributed by atoms with E-state index in [0.717, 1.165) is 21.5 Å². The Hall–Kier alpha value is -1.66. The molecular formula is C15H18BrN3O2. The molecular weight excluding hydrogens is 334 g/mol. The maximum atomic E-state index is 11.5. The molecule has 0 saturated carbocycles. The fraction of sp³-hybridized carbons (Fsp3) is 0.333. The summed E-state index contributed by atoms with van der Waals surface area (Å²) < 4.78 is 6.78. The van der Waals surface area contributed by atoms with Crippen LogP contribution in [0.25, 0.3) is 11.3 Å². The first-order valence-corrected chi connectivity index (χ1v) is 7.58. The van der Waals surface area contributed by atoms with Crippen molar-refractivity contribution in [1.29, 1.82) is 0 Å². The summed E-state index contributed by atoms with van der Waals surface area (Å²) in [5.74, 6) is 1.29. The molecule has 0 aliphatic heterocycles. The number of aryl methyl sites for hydroxylation is 2. The third kappa shape index (κ3) is 4.41. The predicted octanol–water partition coefficient (Wildman–Crippen LogP) is 2.42.